The molecule has 2 aliphatic rings. The predicted octanol–water partition coefficient (Wildman–Crippen LogP) is 2.37. The number of amides is 1. The number of carbonyl (C=O) groups is 1. The molecule has 1 aromatic heterocycles. The zero-order chi connectivity index (χ0) is 18.3. The zero-order valence-corrected chi connectivity index (χ0v) is 15.9. The maximum Gasteiger partial charge on any atom is 0.289 e. The van der Waals surface area contributed by atoms with E-state index in [1.165, 1.54) is 5.56 Å². The molecule has 6 nitrogen and oxygen atoms in total. The van der Waals surface area contributed by atoms with Gasteiger partial charge in [-0.3, -0.25) is 9.69 Å². The van der Waals surface area contributed by atoms with Crippen LogP contribution in [0.2, 0.25) is 5.02 Å². The molecule has 0 bridgehead atoms. The van der Waals surface area contributed by atoms with Crippen LogP contribution in [-0.2, 0) is 19.5 Å². The summed E-state index contributed by atoms with van der Waals surface area (Å²) >= 11 is 5.98. The Morgan fingerprint density at radius 3 is 2.65 bits per heavy atom. The summed E-state index contributed by atoms with van der Waals surface area (Å²) in [7, 11) is 0. The number of hydrogen-bond donors (Lipinski definition) is 1. The fourth-order valence-electron chi connectivity index (χ4n) is 4.09. The first-order valence-corrected chi connectivity index (χ1v) is 9.57. The van der Waals surface area contributed by atoms with E-state index in [1.807, 2.05) is 30.5 Å². The monoisotopic (exact) mass is 373 g/mol. The normalized spacial score (nSPS) is 22.3. The van der Waals surface area contributed by atoms with Crippen molar-refractivity contribution in [3.05, 3.63) is 46.5 Å². The van der Waals surface area contributed by atoms with Gasteiger partial charge in [0.05, 0.1) is 0 Å². The average molecular weight is 374 g/mol. The lowest BCUT2D eigenvalue weighted by molar-refractivity contribution is 0.0924. The van der Waals surface area contributed by atoms with Crippen LogP contribution in [0.5, 0.6) is 0 Å². The van der Waals surface area contributed by atoms with Crippen molar-refractivity contribution >= 4 is 17.5 Å². The summed E-state index contributed by atoms with van der Waals surface area (Å²) in [6.45, 7) is 7.76. The largest absolute Gasteiger partial charge is 0.347 e. The van der Waals surface area contributed by atoms with E-state index < -0.39 is 0 Å². The average Bonchev–Trinajstić information content (AvgIpc) is 3.16. The van der Waals surface area contributed by atoms with Gasteiger partial charge in [0.15, 0.2) is 0 Å². The Balaban J connectivity index is 1.44. The fourth-order valence-corrected chi connectivity index (χ4v) is 4.22. The van der Waals surface area contributed by atoms with E-state index in [0.29, 0.717) is 17.7 Å². The first-order chi connectivity index (χ1) is 12.5. The Morgan fingerprint density at radius 2 is 1.92 bits per heavy atom. The molecular weight excluding hydrogens is 350 g/mol. The van der Waals surface area contributed by atoms with Gasteiger partial charge in [-0.25, -0.2) is 0 Å². The Morgan fingerprint density at radius 1 is 1.19 bits per heavy atom. The van der Waals surface area contributed by atoms with Gasteiger partial charge in [0.1, 0.15) is 5.82 Å². The number of hydrogen-bond acceptors (Lipinski definition) is 4. The third kappa shape index (κ3) is 3.48. The first kappa shape index (κ1) is 17.5. The van der Waals surface area contributed by atoms with Crippen LogP contribution in [-0.4, -0.2) is 44.7 Å². The van der Waals surface area contributed by atoms with Crippen LogP contribution < -0.4 is 5.32 Å². The van der Waals surface area contributed by atoms with Crippen LogP contribution in [0.4, 0.5) is 0 Å². The highest BCUT2D eigenvalue weighted by Gasteiger charge is 2.39. The molecule has 4 rings (SSSR count). The summed E-state index contributed by atoms with van der Waals surface area (Å²) in [6.07, 6.45) is 0.893. The number of fused-ring (bicyclic) bond motifs is 2. The summed E-state index contributed by atoms with van der Waals surface area (Å²) in [5.41, 5.74) is 1.28. The van der Waals surface area contributed by atoms with Crippen molar-refractivity contribution in [2.45, 2.75) is 39.4 Å². The van der Waals surface area contributed by atoms with Crippen molar-refractivity contribution in [3.63, 3.8) is 0 Å². The van der Waals surface area contributed by atoms with Gasteiger partial charge < -0.3 is 9.88 Å². The van der Waals surface area contributed by atoms with E-state index in [1.54, 1.807) is 0 Å². The molecule has 0 radical (unpaired) electrons. The van der Waals surface area contributed by atoms with Crippen LogP contribution in [0.1, 0.15) is 35.9 Å². The van der Waals surface area contributed by atoms with Gasteiger partial charge in [0.25, 0.3) is 5.91 Å². The minimum absolute atomic E-state index is 0.0909. The molecule has 2 aliphatic heterocycles. The number of halogens is 1. The molecule has 1 aromatic carbocycles. The summed E-state index contributed by atoms with van der Waals surface area (Å²) < 4.78 is 2.02. The molecule has 26 heavy (non-hydrogen) atoms. The van der Waals surface area contributed by atoms with Crippen LogP contribution in [0.3, 0.4) is 0 Å². The van der Waals surface area contributed by atoms with Crippen LogP contribution in [0, 0.1) is 11.8 Å². The summed E-state index contributed by atoms with van der Waals surface area (Å²) in [5, 5.41) is 12.1. The second-order valence-corrected chi connectivity index (χ2v) is 8.16. The molecule has 3 heterocycles. The predicted molar refractivity (Wildman–Crippen MR) is 100 cm³/mol. The Bertz CT molecular complexity index is 801. The highest BCUT2D eigenvalue weighted by atomic mass is 35.5. The topological polar surface area (TPSA) is 63.1 Å². The number of nitrogens with zero attached hydrogens (tertiary/aromatic N) is 4. The summed E-state index contributed by atoms with van der Waals surface area (Å²) in [6, 6.07) is 8.16. The maximum absolute atomic E-state index is 12.4. The SMILES string of the molecule is CC(C)NC(=O)c1nnc2n1C[C@H]1CN(Cc3ccc(Cl)cc3)C[C@@H]1C2. The minimum Gasteiger partial charge on any atom is -0.347 e. The smallest absolute Gasteiger partial charge is 0.289 e. The number of benzene rings is 1. The van der Waals surface area contributed by atoms with Gasteiger partial charge in [-0.15, -0.1) is 10.2 Å². The van der Waals surface area contributed by atoms with Crippen LogP contribution >= 0.6 is 11.6 Å². The number of carbonyl (C=O) groups excluding carboxylic acids is 1. The van der Waals surface area contributed by atoms with E-state index in [0.717, 1.165) is 43.4 Å². The van der Waals surface area contributed by atoms with Gasteiger partial charge in [0, 0.05) is 43.7 Å². The molecule has 2 atom stereocenters. The van der Waals surface area contributed by atoms with E-state index in [4.69, 9.17) is 11.6 Å². The quantitative estimate of drug-likeness (QED) is 0.893. The zero-order valence-electron chi connectivity index (χ0n) is 15.2. The standard InChI is InChI=1S/C19H24ClN5O/c1-12(2)21-19(26)18-23-22-17-7-14-9-24(10-15(14)11-25(17)18)8-13-3-5-16(20)6-4-13/h3-6,12,14-15H,7-11H2,1-2H3,(H,21,26)/t14-,15+/m0/s1. The number of aromatic nitrogens is 3. The lowest BCUT2D eigenvalue weighted by Gasteiger charge is -2.25. The molecular formula is C19H24ClN5O. The van der Waals surface area contributed by atoms with Gasteiger partial charge in [-0.2, -0.15) is 0 Å². The lowest BCUT2D eigenvalue weighted by Crippen LogP contribution is -2.35. The molecule has 0 saturated carbocycles. The minimum atomic E-state index is -0.131. The van der Waals surface area contributed by atoms with Crippen LogP contribution in [0.15, 0.2) is 24.3 Å². The van der Waals surface area contributed by atoms with Gasteiger partial charge in [0.2, 0.25) is 5.82 Å². The highest BCUT2D eigenvalue weighted by molar-refractivity contribution is 6.30. The fraction of sp³-hybridized carbons (Fsp3) is 0.526. The molecule has 138 valence electrons. The third-order valence-electron chi connectivity index (χ3n) is 5.28. The molecule has 1 N–H and O–H groups in total. The Hall–Kier alpha value is -1.92. The second kappa shape index (κ2) is 7.00. The molecule has 2 aromatic rings. The van der Waals surface area contributed by atoms with E-state index in [9.17, 15) is 4.79 Å². The van der Waals surface area contributed by atoms with E-state index in [2.05, 4.69) is 32.5 Å². The first-order valence-electron chi connectivity index (χ1n) is 9.19. The second-order valence-electron chi connectivity index (χ2n) is 7.72. The number of nitrogens with one attached hydrogen (secondary N) is 1. The summed E-state index contributed by atoms with van der Waals surface area (Å²) in [4.78, 5) is 14.9. The van der Waals surface area contributed by atoms with Crippen molar-refractivity contribution in [1.82, 2.24) is 25.0 Å². The number of rotatable bonds is 4. The molecule has 1 saturated heterocycles. The van der Waals surface area contributed by atoms with Crippen molar-refractivity contribution < 1.29 is 4.79 Å². The van der Waals surface area contributed by atoms with Crippen LogP contribution in [0.25, 0.3) is 0 Å². The third-order valence-corrected chi connectivity index (χ3v) is 5.54. The molecule has 0 spiro atoms. The van der Waals surface area contributed by atoms with E-state index >= 15 is 0 Å². The van der Waals surface area contributed by atoms with Crippen molar-refractivity contribution in [3.8, 4) is 0 Å². The molecule has 0 unspecified atom stereocenters. The van der Waals surface area contributed by atoms with E-state index in [-0.39, 0.29) is 11.9 Å². The van der Waals surface area contributed by atoms with Gasteiger partial charge >= 0.3 is 0 Å². The Kier molecular flexibility index (Phi) is 4.71. The number of likely N-dealkylation sites (tertiary alicyclic amines) is 1. The highest BCUT2D eigenvalue weighted by Crippen LogP contribution is 2.33. The van der Waals surface area contributed by atoms with Crippen molar-refractivity contribution in [2.75, 3.05) is 13.1 Å². The summed E-state index contributed by atoms with van der Waals surface area (Å²) in [5.74, 6) is 2.38. The lowest BCUT2D eigenvalue weighted by atomic mass is 9.89. The van der Waals surface area contributed by atoms with Gasteiger partial charge in [-0.05, 0) is 43.4 Å². The van der Waals surface area contributed by atoms with Gasteiger partial charge in [-0.1, -0.05) is 23.7 Å². The maximum atomic E-state index is 12.4. The van der Waals surface area contributed by atoms with Crippen molar-refractivity contribution in [1.29, 1.82) is 0 Å². The molecule has 1 fully saturated rings. The molecule has 0 aliphatic carbocycles. The Labute approximate surface area is 158 Å². The molecule has 1 amide bonds. The molecule has 7 heteroatoms. The van der Waals surface area contributed by atoms with Crippen molar-refractivity contribution in [2.24, 2.45) is 11.8 Å².